The standard InChI is InChI=1S/C27H24Cl2N4O4/c1-36-21-5-2-18(3-6-21)10-13-31-26(34)25-15-22(37-32-25)17-33(16-19-8-11-30-12-9-19)27(35)23-7-4-20(28)14-24(23)29/h2-9,11-12,14-15H,10,13,16-17H2,1H3,(H,31,34). The van der Waals surface area contributed by atoms with E-state index in [1.54, 1.807) is 36.5 Å². The van der Waals surface area contributed by atoms with Crippen LogP contribution in [-0.4, -0.2) is 40.5 Å². The SMILES string of the molecule is COc1ccc(CCNC(=O)c2cc(CN(Cc3ccncc3)C(=O)c3ccc(Cl)cc3Cl)on2)cc1. The summed E-state index contributed by atoms with van der Waals surface area (Å²) >= 11 is 12.3. The van der Waals surface area contributed by atoms with Crippen molar-refractivity contribution >= 4 is 35.0 Å². The molecule has 0 radical (unpaired) electrons. The largest absolute Gasteiger partial charge is 0.497 e. The summed E-state index contributed by atoms with van der Waals surface area (Å²) in [6, 6.07) is 17.5. The molecule has 0 saturated heterocycles. The Hall–Kier alpha value is -3.88. The van der Waals surface area contributed by atoms with Crippen molar-refractivity contribution in [3.63, 3.8) is 0 Å². The zero-order valence-electron chi connectivity index (χ0n) is 20.0. The molecule has 0 saturated carbocycles. The molecule has 37 heavy (non-hydrogen) atoms. The molecule has 10 heteroatoms. The van der Waals surface area contributed by atoms with Gasteiger partial charge in [0.1, 0.15) is 5.75 Å². The Balaban J connectivity index is 1.42. The normalized spacial score (nSPS) is 10.7. The Labute approximate surface area is 224 Å². The van der Waals surface area contributed by atoms with Gasteiger partial charge in [0.25, 0.3) is 11.8 Å². The van der Waals surface area contributed by atoms with E-state index >= 15 is 0 Å². The van der Waals surface area contributed by atoms with Gasteiger partial charge >= 0.3 is 0 Å². The molecule has 2 aromatic carbocycles. The number of amides is 2. The van der Waals surface area contributed by atoms with Crippen LogP contribution < -0.4 is 10.1 Å². The third kappa shape index (κ3) is 7.09. The average Bonchev–Trinajstić information content (AvgIpc) is 3.38. The van der Waals surface area contributed by atoms with Gasteiger partial charge in [0.2, 0.25) is 0 Å². The number of benzene rings is 2. The number of hydrogen-bond acceptors (Lipinski definition) is 6. The first-order valence-corrected chi connectivity index (χ1v) is 12.2. The van der Waals surface area contributed by atoms with Crippen molar-refractivity contribution in [3.05, 3.63) is 111 Å². The van der Waals surface area contributed by atoms with Gasteiger partial charge in [0.05, 0.1) is 24.2 Å². The maximum atomic E-state index is 13.4. The number of hydrogen-bond donors (Lipinski definition) is 1. The minimum Gasteiger partial charge on any atom is -0.497 e. The fourth-order valence-electron chi connectivity index (χ4n) is 3.63. The molecule has 0 bridgehead atoms. The molecule has 0 atom stereocenters. The van der Waals surface area contributed by atoms with Gasteiger partial charge in [-0.05, 0) is 60.0 Å². The highest BCUT2D eigenvalue weighted by Gasteiger charge is 2.22. The van der Waals surface area contributed by atoms with Crippen LogP contribution in [0.2, 0.25) is 10.0 Å². The van der Waals surface area contributed by atoms with Crippen LogP contribution in [0.3, 0.4) is 0 Å². The predicted molar refractivity (Wildman–Crippen MR) is 140 cm³/mol. The maximum Gasteiger partial charge on any atom is 0.273 e. The van der Waals surface area contributed by atoms with Crippen LogP contribution in [0, 0.1) is 0 Å². The number of halogens is 2. The van der Waals surface area contributed by atoms with E-state index in [-0.39, 0.29) is 35.6 Å². The molecule has 0 aliphatic carbocycles. The lowest BCUT2D eigenvalue weighted by Gasteiger charge is -2.22. The van der Waals surface area contributed by atoms with Gasteiger partial charge in [-0.15, -0.1) is 0 Å². The number of carbonyl (C=O) groups excluding carboxylic acids is 2. The first-order chi connectivity index (χ1) is 17.9. The Morgan fingerprint density at radius 3 is 2.43 bits per heavy atom. The number of methoxy groups -OCH3 is 1. The third-order valence-electron chi connectivity index (χ3n) is 5.57. The van der Waals surface area contributed by atoms with Crippen LogP contribution in [0.4, 0.5) is 0 Å². The van der Waals surface area contributed by atoms with Gasteiger partial charge < -0.3 is 19.5 Å². The van der Waals surface area contributed by atoms with E-state index in [1.165, 1.54) is 12.1 Å². The summed E-state index contributed by atoms with van der Waals surface area (Å²) in [4.78, 5) is 31.5. The summed E-state index contributed by atoms with van der Waals surface area (Å²) in [7, 11) is 1.61. The van der Waals surface area contributed by atoms with E-state index in [0.717, 1.165) is 16.9 Å². The lowest BCUT2D eigenvalue weighted by atomic mass is 10.1. The molecule has 2 heterocycles. The molecule has 4 aromatic rings. The van der Waals surface area contributed by atoms with Crippen molar-refractivity contribution < 1.29 is 18.8 Å². The van der Waals surface area contributed by atoms with Crippen LogP contribution in [0.25, 0.3) is 0 Å². The summed E-state index contributed by atoms with van der Waals surface area (Å²) in [6.45, 7) is 0.770. The number of aromatic nitrogens is 2. The summed E-state index contributed by atoms with van der Waals surface area (Å²) in [6.07, 6.45) is 3.95. The molecule has 2 amide bonds. The molecule has 0 unspecified atom stereocenters. The van der Waals surface area contributed by atoms with Crippen molar-refractivity contribution in [2.75, 3.05) is 13.7 Å². The van der Waals surface area contributed by atoms with Crippen LogP contribution in [-0.2, 0) is 19.5 Å². The molecule has 2 aromatic heterocycles. The van der Waals surface area contributed by atoms with Crippen LogP contribution in [0.1, 0.15) is 37.7 Å². The number of pyridine rings is 1. The number of carbonyl (C=O) groups is 2. The molecule has 0 aliphatic heterocycles. The fraction of sp³-hybridized carbons (Fsp3) is 0.185. The molecular weight excluding hydrogens is 515 g/mol. The Kier molecular flexibility index (Phi) is 8.77. The van der Waals surface area contributed by atoms with Crippen LogP contribution in [0.5, 0.6) is 5.75 Å². The van der Waals surface area contributed by atoms with Crippen molar-refractivity contribution in [3.8, 4) is 5.75 Å². The minimum atomic E-state index is -0.365. The molecule has 0 aliphatic rings. The van der Waals surface area contributed by atoms with E-state index in [1.807, 2.05) is 36.4 Å². The lowest BCUT2D eigenvalue weighted by Crippen LogP contribution is -2.30. The van der Waals surface area contributed by atoms with Crippen molar-refractivity contribution in [2.45, 2.75) is 19.5 Å². The summed E-state index contributed by atoms with van der Waals surface area (Å²) < 4.78 is 10.5. The minimum absolute atomic E-state index is 0.0756. The second-order valence-corrected chi connectivity index (χ2v) is 9.02. The van der Waals surface area contributed by atoms with Gasteiger partial charge in [-0.2, -0.15) is 0 Å². The molecular formula is C27H24Cl2N4O4. The Morgan fingerprint density at radius 1 is 0.973 bits per heavy atom. The third-order valence-corrected chi connectivity index (χ3v) is 6.12. The molecule has 1 N–H and O–H groups in total. The maximum absolute atomic E-state index is 13.4. The average molecular weight is 539 g/mol. The van der Waals surface area contributed by atoms with Gasteiger partial charge in [-0.25, -0.2) is 0 Å². The fourth-order valence-corrected chi connectivity index (χ4v) is 4.12. The highest BCUT2D eigenvalue weighted by molar-refractivity contribution is 6.36. The second-order valence-electron chi connectivity index (χ2n) is 8.17. The molecule has 8 nitrogen and oxygen atoms in total. The van der Waals surface area contributed by atoms with E-state index in [4.69, 9.17) is 32.5 Å². The number of rotatable bonds is 10. The summed E-state index contributed by atoms with van der Waals surface area (Å²) in [5, 5.41) is 7.40. The van der Waals surface area contributed by atoms with Crippen molar-refractivity contribution in [1.82, 2.24) is 20.4 Å². The molecule has 4 rings (SSSR count). The van der Waals surface area contributed by atoms with Crippen LogP contribution >= 0.6 is 23.2 Å². The van der Waals surface area contributed by atoms with Gasteiger partial charge in [-0.1, -0.05) is 40.5 Å². The first-order valence-electron chi connectivity index (χ1n) is 11.4. The van der Waals surface area contributed by atoms with Gasteiger partial charge in [0.15, 0.2) is 11.5 Å². The predicted octanol–water partition coefficient (Wildman–Crippen LogP) is 5.20. The zero-order chi connectivity index (χ0) is 26.2. The topological polar surface area (TPSA) is 97.6 Å². The summed E-state index contributed by atoms with van der Waals surface area (Å²) in [5.74, 6) is 0.446. The van der Waals surface area contributed by atoms with Crippen molar-refractivity contribution in [2.24, 2.45) is 0 Å². The second kappa shape index (κ2) is 12.4. The number of nitrogens with zero attached hydrogens (tertiary/aromatic N) is 3. The van der Waals surface area contributed by atoms with Gasteiger partial charge in [-0.3, -0.25) is 14.6 Å². The van der Waals surface area contributed by atoms with Gasteiger partial charge in [0, 0.05) is 36.6 Å². The summed E-state index contributed by atoms with van der Waals surface area (Å²) in [5.41, 5.74) is 2.36. The first kappa shape index (κ1) is 26.2. The monoisotopic (exact) mass is 538 g/mol. The Morgan fingerprint density at radius 2 is 1.73 bits per heavy atom. The molecule has 190 valence electrons. The Bertz CT molecular complexity index is 1360. The zero-order valence-corrected chi connectivity index (χ0v) is 21.5. The molecule has 0 spiro atoms. The van der Waals surface area contributed by atoms with Crippen LogP contribution in [0.15, 0.2) is 77.6 Å². The number of ether oxygens (including phenoxy) is 1. The van der Waals surface area contributed by atoms with E-state index in [9.17, 15) is 9.59 Å². The highest BCUT2D eigenvalue weighted by Crippen LogP contribution is 2.24. The number of nitrogens with one attached hydrogen (secondary N) is 1. The smallest absolute Gasteiger partial charge is 0.273 e. The quantitative estimate of drug-likeness (QED) is 0.298. The van der Waals surface area contributed by atoms with E-state index in [2.05, 4.69) is 15.5 Å². The van der Waals surface area contributed by atoms with Crippen molar-refractivity contribution in [1.29, 1.82) is 0 Å². The van der Waals surface area contributed by atoms with E-state index < -0.39 is 0 Å². The van der Waals surface area contributed by atoms with E-state index in [0.29, 0.717) is 29.3 Å². The molecule has 0 fully saturated rings. The highest BCUT2D eigenvalue weighted by atomic mass is 35.5. The lowest BCUT2D eigenvalue weighted by molar-refractivity contribution is 0.0713.